The molecule has 3 aromatic heterocycles. The van der Waals surface area contributed by atoms with Crippen molar-refractivity contribution in [3.63, 3.8) is 0 Å². The number of carbonyl (C=O) groups excluding carboxylic acids is 2. The molecule has 0 radical (unpaired) electrons. The number of aromatic nitrogens is 3. The van der Waals surface area contributed by atoms with Crippen molar-refractivity contribution in [2.45, 2.75) is 9.79 Å². The highest BCUT2D eigenvalue weighted by Gasteiger charge is 2.12. The fourth-order valence-corrected chi connectivity index (χ4v) is 2.82. The molecule has 32 heavy (non-hydrogen) atoms. The zero-order valence-electron chi connectivity index (χ0n) is 16.3. The van der Waals surface area contributed by atoms with Gasteiger partial charge in [-0.3, -0.25) is 24.5 Å². The molecule has 0 fully saturated rings. The Balaban J connectivity index is 0.000000241. The fourth-order valence-electron chi connectivity index (χ4n) is 1.84. The van der Waals surface area contributed by atoms with Crippen LogP contribution in [0.5, 0.6) is 0 Å². The summed E-state index contributed by atoms with van der Waals surface area (Å²) >= 11 is 0. The second kappa shape index (κ2) is 11.6. The van der Waals surface area contributed by atoms with Crippen molar-refractivity contribution in [3.8, 4) is 0 Å². The van der Waals surface area contributed by atoms with Crippen LogP contribution in [0, 0.1) is 0 Å². The maximum absolute atomic E-state index is 10.7. The van der Waals surface area contributed by atoms with Gasteiger partial charge in [0.2, 0.25) is 20.0 Å². The van der Waals surface area contributed by atoms with E-state index in [2.05, 4.69) is 15.0 Å². The van der Waals surface area contributed by atoms with Crippen LogP contribution < -0.4 is 21.7 Å². The number of primary sulfonamides is 2. The van der Waals surface area contributed by atoms with Gasteiger partial charge >= 0.3 is 0 Å². The molecular formula is C17H19N7O6S2. The molecule has 3 heterocycles. The molecule has 2 amide bonds. The van der Waals surface area contributed by atoms with E-state index in [-0.39, 0.29) is 21.0 Å². The molecule has 8 N–H and O–H groups in total. The molecular weight excluding hydrogens is 462 g/mol. The average molecular weight is 482 g/mol. The normalized spacial score (nSPS) is 10.6. The van der Waals surface area contributed by atoms with E-state index in [1.807, 2.05) is 0 Å². The number of primary amides is 2. The first kappa shape index (κ1) is 26.2. The lowest BCUT2D eigenvalue weighted by atomic mass is 10.2. The molecule has 0 aromatic carbocycles. The molecule has 0 aliphatic heterocycles. The Morgan fingerprint density at radius 2 is 1.25 bits per heavy atom. The molecule has 0 saturated carbocycles. The third-order valence-electron chi connectivity index (χ3n) is 3.25. The molecule has 0 saturated heterocycles. The number of sulfonamides is 2. The van der Waals surface area contributed by atoms with Crippen molar-refractivity contribution < 1.29 is 26.4 Å². The first-order valence-electron chi connectivity index (χ1n) is 8.24. The highest BCUT2D eigenvalue weighted by molar-refractivity contribution is 7.89. The minimum Gasteiger partial charge on any atom is -0.366 e. The SMILES string of the molecule is NC(=O)c1cccnc1C(N)=O.NS(=O)(=O)c1cccnc1.NS(=O)(=O)c1ccncc1. The smallest absolute Gasteiger partial charge is 0.268 e. The summed E-state index contributed by atoms with van der Waals surface area (Å²) in [5.74, 6) is -1.47. The topological polar surface area (TPSA) is 245 Å². The lowest BCUT2D eigenvalue weighted by Crippen LogP contribution is -2.21. The summed E-state index contributed by atoms with van der Waals surface area (Å²) in [6, 6.07) is 8.49. The van der Waals surface area contributed by atoms with Crippen LogP contribution in [0.15, 0.2) is 77.2 Å². The van der Waals surface area contributed by atoms with E-state index in [0.29, 0.717) is 0 Å². The van der Waals surface area contributed by atoms with Gasteiger partial charge < -0.3 is 11.5 Å². The summed E-state index contributed by atoms with van der Waals surface area (Å²) < 4.78 is 42.3. The number of amides is 2. The van der Waals surface area contributed by atoms with E-state index < -0.39 is 31.9 Å². The summed E-state index contributed by atoms with van der Waals surface area (Å²) in [5.41, 5.74) is 9.86. The molecule has 170 valence electrons. The number of nitrogens with zero attached hydrogens (tertiary/aromatic N) is 3. The molecule has 15 heteroatoms. The van der Waals surface area contributed by atoms with Gasteiger partial charge in [0, 0.05) is 31.0 Å². The summed E-state index contributed by atoms with van der Waals surface area (Å²) in [7, 11) is -7.11. The number of nitrogens with two attached hydrogens (primary N) is 4. The predicted octanol–water partition coefficient (Wildman–Crippen LogP) is -1.26. The van der Waals surface area contributed by atoms with Gasteiger partial charge in [-0.2, -0.15) is 0 Å². The quantitative estimate of drug-likeness (QED) is 0.346. The van der Waals surface area contributed by atoms with Gasteiger partial charge in [0.05, 0.1) is 10.5 Å². The van der Waals surface area contributed by atoms with Gasteiger partial charge in [-0.25, -0.2) is 27.1 Å². The third kappa shape index (κ3) is 8.92. The minimum absolute atomic E-state index is 0.0370. The molecule has 0 atom stereocenters. The first-order valence-corrected chi connectivity index (χ1v) is 11.3. The zero-order chi connectivity index (χ0) is 24.4. The van der Waals surface area contributed by atoms with E-state index in [0.717, 1.165) is 0 Å². The van der Waals surface area contributed by atoms with Crippen LogP contribution in [-0.4, -0.2) is 43.6 Å². The third-order valence-corrected chi connectivity index (χ3v) is 5.08. The van der Waals surface area contributed by atoms with E-state index in [1.165, 1.54) is 67.4 Å². The predicted molar refractivity (Wildman–Crippen MR) is 112 cm³/mol. The molecule has 3 rings (SSSR count). The lowest BCUT2D eigenvalue weighted by Gasteiger charge is -1.99. The second-order valence-electron chi connectivity index (χ2n) is 5.59. The van der Waals surface area contributed by atoms with Crippen molar-refractivity contribution in [2.24, 2.45) is 21.7 Å². The maximum Gasteiger partial charge on any atom is 0.268 e. The van der Waals surface area contributed by atoms with Crippen LogP contribution in [0.3, 0.4) is 0 Å². The first-order chi connectivity index (χ1) is 14.8. The summed E-state index contributed by atoms with van der Waals surface area (Å²) in [6.45, 7) is 0. The Hall–Kier alpha value is -3.79. The highest BCUT2D eigenvalue weighted by atomic mass is 32.2. The van der Waals surface area contributed by atoms with Gasteiger partial charge in [0.1, 0.15) is 10.6 Å². The van der Waals surface area contributed by atoms with Crippen molar-refractivity contribution in [3.05, 3.63) is 78.6 Å². The standard InChI is InChI=1S/C7H7N3O2.2C5H6N2O2S/c8-6(11)4-2-1-3-10-5(4)7(9)12;6-10(8,9)5-1-3-7-4-2-5;6-10(8,9)5-2-1-3-7-4-5/h1-3H,(H2,8,11)(H2,9,12);2*1-4H,(H2,6,8,9). The van der Waals surface area contributed by atoms with Gasteiger partial charge in [0.15, 0.2) is 0 Å². The molecule has 13 nitrogen and oxygen atoms in total. The van der Waals surface area contributed by atoms with Crippen molar-refractivity contribution in [1.82, 2.24) is 15.0 Å². The Morgan fingerprint density at radius 3 is 1.59 bits per heavy atom. The van der Waals surface area contributed by atoms with Crippen LogP contribution in [0.1, 0.15) is 20.8 Å². The van der Waals surface area contributed by atoms with Crippen molar-refractivity contribution in [2.75, 3.05) is 0 Å². The molecule has 3 aromatic rings. The molecule has 0 unspecified atom stereocenters. The van der Waals surface area contributed by atoms with Gasteiger partial charge in [-0.05, 0) is 36.4 Å². The largest absolute Gasteiger partial charge is 0.366 e. The van der Waals surface area contributed by atoms with Gasteiger partial charge in [-0.15, -0.1) is 0 Å². The van der Waals surface area contributed by atoms with E-state index in [9.17, 15) is 26.4 Å². The average Bonchev–Trinajstić information content (AvgIpc) is 2.75. The molecule has 0 aliphatic rings. The van der Waals surface area contributed by atoms with E-state index in [4.69, 9.17) is 21.7 Å². The van der Waals surface area contributed by atoms with Crippen molar-refractivity contribution in [1.29, 1.82) is 0 Å². The molecule has 0 spiro atoms. The summed E-state index contributed by atoms with van der Waals surface area (Å²) in [6.07, 6.45) is 6.80. The Bertz CT molecular complexity index is 1170. The van der Waals surface area contributed by atoms with Crippen LogP contribution in [-0.2, 0) is 20.0 Å². The monoisotopic (exact) mass is 481 g/mol. The lowest BCUT2D eigenvalue weighted by molar-refractivity contribution is 0.0963. The van der Waals surface area contributed by atoms with Crippen LogP contribution in [0.2, 0.25) is 0 Å². The second-order valence-corrected chi connectivity index (χ2v) is 8.71. The van der Waals surface area contributed by atoms with E-state index in [1.54, 1.807) is 0 Å². The zero-order valence-corrected chi connectivity index (χ0v) is 17.9. The van der Waals surface area contributed by atoms with Gasteiger partial charge in [-0.1, -0.05) is 0 Å². The molecule has 0 bridgehead atoms. The van der Waals surface area contributed by atoms with Crippen LogP contribution in [0.4, 0.5) is 0 Å². The fraction of sp³-hybridized carbons (Fsp3) is 0. The van der Waals surface area contributed by atoms with Crippen LogP contribution in [0.25, 0.3) is 0 Å². The number of rotatable bonds is 4. The van der Waals surface area contributed by atoms with E-state index >= 15 is 0 Å². The number of pyridine rings is 3. The number of hydrogen-bond donors (Lipinski definition) is 4. The highest BCUT2D eigenvalue weighted by Crippen LogP contribution is 2.03. The Kier molecular flexibility index (Phi) is 9.48. The summed E-state index contributed by atoms with van der Waals surface area (Å²) in [5, 5.41) is 9.59. The number of carbonyl (C=O) groups is 2. The van der Waals surface area contributed by atoms with Crippen LogP contribution >= 0.6 is 0 Å². The van der Waals surface area contributed by atoms with Crippen molar-refractivity contribution >= 4 is 31.9 Å². The number of hydrogen-bond acceptors (Lipinski definition) is 9. The van der Waals surface area contributed by atoms with Gasteiger partial charge in [0.25, 0.3) is 11.8 Å². The Labute approximate surface area is 183 Å². The Morgan fingerprint density at radius 1 is 0.688 bits per heavy atom. The summed E-state index contributed by atoms with van der Waals surface area (Å²) in [4.78, 5) is 32.4. The maximum atomic E-state index is 10.7. The molecule has 0 aliphatic carbocycles. The minimum atomic E-state index is -3.57.